The molecule has 0 radical (unpaired) electrons. The smallest absolute Gasteiger partial charge is 0.228 e. The van der Waals surface area contributed by atoms with Crippen molar-refractivity contribution in [1.29, 1.82) is 0 Å². The van der Waals surface area contributed by atoms with Gasteiger partial charge in [0.1, 0.15) is 5.75 Å². The van der Waals surface area contributed by atoms with Crippen LogP contribution in [0.5, 0.6) is 5.75 Å². The molecular weight excluding hydrogens is 196 g/mol. The van der Waals surface area contributed by atoms with Gasteiger partial charge in [0, 0.05) is 17.2 Å². The molecule has 0 amide bonds. The third-order valence-electron chi connectivity index (χ3n) is 2.22. The predicted molar refractivity (Wildman–Crippen MR) is 51.9 cm³/mol. The summed E-state index contributed by atoms with van der Waals surface area (Å²) < 4.78 is 4.78. The first-order valence-corrected chi connectivity index (χ1v) is 4.31. The summed E-state index contributed by atoms with van der Waals surface area (Å²) >= 11 is 0. The molecular formula is C11H8O4. The van der Waals surface area contributed by atoms with E-state index in [4.69, 9.17) is 4.74 Å². The molecule has 0 aliphatic heterocycles. The maximum absolute atomic E-state index is 11.7. The van der Waals surface area contributed by atoms with Gasteiger partial charge in [0.2, 0.25) is 5.78 Å². The van der Waals surface area contributed by atoms with Gasteiger partial charge in [-0.25, -0.2) is 0 Å². The van der Waals surface area contributed by atoms with Crippen molar-refractivity contribution in [2.75, 3.05) is 7.11 Å². The Bertz CT molecular complexity index is 485. The van der Waals surface area contributed by atoms with Crippen LogP contribution < -0.4 is 0 Å². The van der Waals surface area contributed by atoms with Crippen molar-refractivity contribution < 1.29 is 19.4 Å². The van der Waals surface area contributed by atoms with Gasteiger partial charge in [-0.15, -0.1) is 0 Å². The molecule has 1 aliphatic rings. The molecule has 0 atom stereocenters. The number of carbonyl (C=O) groups is 2. The highest BCUT2D eigenvalue weighted by Crippen LogP contribution is 2.24. The second-order valence-corrected chi connectivity index (χ2v) is 3.14. The summed E-state index contributed by atoms with van der Waals surface area (Å²) in [5.41, 5.74) is 0.470. The van der Waals surface area contributed by atoms with Crippen LogP contribution in [0.3, 0.4) is 0 Å². The molecule has 0 heterocycles. The molecule has 15 heavy (non-hydrogen) atoms. The molecule has 2 rings (SSSR count). The second-order valence-electron chi connectivity index (χ2n) is 3.14. The molecule has 4 heteroatoms. The molecule has 1 aromatic carbocycles. The second kappa shape index (κ2) is 3.24. The number of phenols is 1. The van der Waals surface area contributed by atoms with Crippen molar-refractivity contribution in [3.8, 4) is 5.75 Å². The molecule has 4 nitrogen and oxygen atoms in total. The molecule has 0 saturated heterocycles. The number of rotatable bonds is 1. The normalized spacial score (nSPS) is 14.6. The number of hydrogen-bond donors (Lipinski definition) is 1. The number of fused-ring (bicyclic) bond motifs is 1. The molecule has 1 N–H and O–H groups in total. The average molecular weight is 204 g/mol. The predicted octanol–water partition coefficient (Wildman–Crippen LogP) is 1.30. The first-order chi connectivity index (χ1) is 7.13. The fourth-order valence-electron chi connectivity index (χ4n) is 1.48. The zero-order chi connectivity index (χ0) is 11.0. The number of ether oxygens (including phenoxy) is 1. The number of aromatic hydroxyl groups is 1. The number of hydrogen-bond acceptors (Lipinski definition) is 4. The van der Waals surface area contributed by atoms with Gasteiger partial charge in [-0.2, -0.15) is 0 Å². The zero-order valence-electron chi connectivity index (χ0n) is 7.98. The lowest BCUT2D eigenvalue weighted by Crippen LogP contribution is -2.17. The largest absolute Gasteiger partial charge is 0.508 e. The van der Waals surface area contributed by atoms with Crippen LogP contribution in [0.25, 0.3) is 0 Å². The average Bonchev–Trinajstić information content (AvgIpc) is 2.23. The van der Waals surface area contributed by atoms with Crippen molar-refractivity contribution >= 4 is 11.6 Å². The van der Waals surface area contributed by atoms with E-state index in [0.29, 0.717) is 5.56 Å². The zero-order valence-corrected chi connectivity index (χ0v) is 7.98. The highest BCUT2D eigenvalue weighted by atomic mass is 16.5. The van der Waals surface area contributed by atoms with Crippen LogP contribution in [-0.4, -0.2) is 23.8 Å². The molecule has 76 valence electrons. The summed E-state index contributed by atoms with van der Waals surface area (Å²) in [5.74, 6) is -0.727. The van der Waals surface area contributed by atoms with Crippen LogP contribution in [0.1, 0.15) is 20.7 Å². The van der Waals surface area contributed by atoms with E-state index in [1.807, 2.05) is 0 Å². The van der Waals surface area contributed by atoms with Crippen LogP contribution in [-0.2, 0) is 4.74 Å². The quantitative estimate of drug-likeness (QED) is 0.748. The van der Waals surface area contributed by atoms with E-state index >= 15 is 0 Å². The summed E-state index contributed by atoms with van der Waals surface area (Å²) in [6, 6.07) is 4.06. The highest BCUT2D eigenvalue weighted by Gasteiger charge is 2.26. The molecule has 0 spiro atoms. The number of methoxy groups -OCH3 is 1. The van der Waals surface area contributed by atoms with Crippen LogP contribution >= 0.6 is 0 Å². The minimum Gasteiger partial charge on any atom is -0.508 e. The molecule has 0 unspecified atom stereocenters. The third-order valence-corrected chi connectivity index (χ3v) is 2.22. The van der Waals surface area contributed by atoms with E-state index in [9.17, 15) is 14.7 Å². The maximum Gasteiger partial charge on any atom is 0.228 e. The van der Waals surface area contributed by atoms with Crippen molar-refractivity contribution in [1.82, 2.24) is 0 Å². The highest BCUT2D eigenvalue weighted by molar-refractivity contribution is 6.23. The van der Waals surface area contributed by atoms with Crippen molar-refractivity contribution in [2.24, 2.45) is 0 Å². The molecule has 0 saturated carbocycles. The number of carbonyl (C=O) groups excluding carboxylic acids is 2. The number of allylic oxidation sites excluding steroid dienone is 2. The molecule has 0 fully saturated rings. The van der Waals surface area contributed by atoms with Gasteiger partial charge in [-0.3, -0.25) is 9.59 Å². The Morgan fingerprint density at radius 1 is 1.20 bits per heavy atom. The van der Waals surface area contributed by atoms with Crippen LogP contribution in [0.2, 0.25) is 0 Å². The molecule has 1 aromatic rings. The number of ketones is 2. The van der Waals surface area contributed by atoms with Gasteiger partial charge >= 0.3 is 0 Å². The Labute approximate surface area is 85.8 Å². The lowest BCUT2D eigenvalue weighted by molar-refractivity contribution is 0.0916. The Hall–Kier alpha value is -2.10. The minimum absolute atomic E-state index is 0.00176. The lowest BCUT2D eigenvalue weighted by atomic mass is 9.93. The number of benzene rings is 1. The van der Waals surface area contributed by atoms with E-state index < -0.39 is 0 Å². The monoisotopic (exact) mass is 204 g/mol. The van der Waals surface area contributed by atoms with Crippen molar-refractivity contribution in [2.45, 2.75) is 0 Å². The summed E-state index contributed by atoms with van der Waals surface area (Å²) in [5, 5.41) is 9.23. The Morgan fingerprint density at radius 2 is 1.93 bits per heavy atom. The number of phenolic OH excluding ortho intramolecular Hbond substituents is 1. The summed E-state index contributed by atoms with van der Waals surface area (Å²) in [4.78, 5) is 23.2. The van der Waals surface area contributed by atoms with Crippen LogP contribution in [0, 0.1) is 0 Å². The maximum atomic E-state index is 11.7. The topological polar surface area (TPSA) is 63.6 Å². The lowest BCUT2D eigenvalue weighted by Gasteiger charge is -2.13. The van der Waals surface area contributed by atoms with E-state index in [1.165, 1.54) is 25.3 Å². The van der Waals surface area contributed by atoms with Crippen molar-refractivity contribution in [3.63, 3.8) is 0 Å². The van der Waals surface area contributed by atoms with Gasteiger partial charge in [0.25, 0.3) is 0 Å². The standard InChI is InChI=1S/C11H8O4/c1-15-10-5-9(13)7-3-2-6(12)4-8(7)11(10)14/h2-5,12H,1H3. The van der Waals surface area contributed by atoms with E-state index in [2.05, 4.69) is 0 Å². The summed E-state index contributed by atoms with van der Waals surface area (Å²) in [6.07, 6.45) is 1.15. The fraction of sp³-hybridized carbons (Fsp3) is 0.0909. The van der Waals surface area contributed by atoms with Gasteiger partial charge in [0.05, 0.1) is 7.11 Å². The van der Waals surface area contributed by atoms with Crippen LogP contribution in [0.4, 0.5) is 0 Å². The third kappa shape index (κ3) is 1.40. The number of Topliss-reactive ketones (excluding diaryl/α,β-unsaturated/α-hetero) is 1. The van der Waals surface area contributed by atoms with Crippen molar-refractivity contribution in [3.05, 3.63) is 41.2 Å². The van der Waals surface area contributed by atoms with Crippen LogP contribution in [0.15, 0.2) is 30.0 Å². The molecule has 0 aromatic heterocycles. The van der Waals surface area contributed by atoms with Gasteiger partial charge in [0.15, 0.2) is 11.5 Å². The summed E-state index contributed by atoms with van der Waals surface area (Å²) in [7, 11) is 1.32. The van der Waals surface area contributed by atoms with Gasteiger partial charge < -0.3 is 9.84 Å². The fourth-order valence-corrected chi connectivity index (χ4v) is 1.48. The Balaban J connectivity index is 2.62. The Morgan fingerprint density at radius 3 is 2.60 bits per heavy atom. The van der Waals surface area contributed by atoms with E-state index in [-0.39, 0.29) is 28.6 Å². The molecule has 1 aliphatic carbocycles. The first-order valence-electron chi connectivity index (χ1n) is 4.31. The van der Waals surface area contributed by atoms with Gasteiger partial charge in [-0.1, -0.05) is 0 Å². The SMILES string of the molecule is COC1=CC(=O)c2ccc(O)cc2C1=O. The Kier molecular flexibility index (Phi) is 2.04. The first kappa shape index (κ1) is 9.45. The summed E-state index contributed by atoms with van der Waals surface area (Å²) in [6.45, 7) is 0. The van der Waals surface area contributed by atoms with E-state index in [1.54, 1.807) is 0 Å². The minimum atomic E-state index is -0.386. The van der Waals surface area contributed by atoms with E-state index in [0.717, 1.165) is 6.08 Å². The van der Waals surface area contributed by atoms with Gasteiger partial charge in [-0.05, 0) is 18.2 Å². The molecule has 0 bridgehead atoms.